The predicted molar refractivity (Wildman–Crippen MR) is 103 cm³/mol. The number of carbonyl (C=O) groups excluding carboxylic acids is 1. The second-order valence-corrected chi connectivity index (χ2v) is 7.51. The Bertz CT molecular complexity index is 613. The van der Waals surface area contributed by atoms with Gasteiger partial charge in [0.25, 0.3) is 5.91 Å². The fourth-order valence-corrected chi connectivity index (χ4v) is 3.98. The second kappa shape index (κ2) is 8.76. The van der Waals surface area contributed by atoms with Crippen LogP contribution in [-0.4, -0.2) is 61.6 Å². The van der Waals surface area contributed by atoms with Gasteiger partial charge in [-0.15, -0.1) is 0 Å². The Hall–Kier alpha value is -1.75. The molecule has 5 heteroatoms. The lowest BCUT2D eigenvalue weighted by Gasteiger charge is -2.26. The van der Waals surface area contributed by atoms with Gasteiger partial charge < -0.3 is 19.3 Å². The first-order valence-electron chi connectivity index (χ1n) is 9.96. The molecule has 1 aromatic rings. The average molecular weight is 360 g/mol. The summed E-state index contributed by atoms with van der Waals surface area (Å²) in [6, 6.07) is 6.03. The summed E-state index contributed by atoms with van der Waals surface area (Å²) in [6.45, 7) is 4.76. The van der Waals surface area contributed by atoms with Crippen LogP contribution in [-0.2, 0) is 0 Å². The van der Waals surface area contributed by atoms with Gasteiger partial charge in [0.05, 0.1) is 18.8 Å². The number of carbonyl (C=O) groups is 1. The summed E-state index contributed by atoms with van der Waals surface area (Å²) in [4.78, 5) is 17.4. The van der Waals surface area contributed by atoms with Crippen LogP contribution in [0.3, 0.4) is 0 Å². The number of hydrogen-bond donors (Lipinski definition) is 0. The van der Waals surface area contributed by atoms with Crippen molar-refractivity contribution < 1.29 is 14.3 Å². The van der Waals surface area contributed by atoms with E-state index >= 15 is 0 Å². The number of benzene rings is 1. The first kappa shape index (κ1) is 19.0. The maximum atomic E-state index is 13.2. The molecule has 1 atom stereocenters. The van der Waals surface area contributed by atoms with Gasteiger partial charge >= 0.3 is 0 Å². The van der Waals surface area contributed by atoms with Crippen LogP contribution in [0.4, 0.5) is 0 Å². The van der Waals surface area contributed by atoms with E-state index in [1.807, 2.05) is 23.1 Å². The largest absolute Gasteiger partial charge is 0.497 e. The lowest BCUT2D eigenvalue weighted by Crippen LogP contribution is -2.36. The molecule has 1 aliphatic heterocycles. The molecule has 1 saturated heterocycles. The third-order valence-electron chi connectivity index (χ3n) is 5.84. The van der Waals surface area contributed by atoms with Crippen LogP contribution in [0, 0.1) is 0 Å². The van der Waals surface area contributed by atoms with Gasteiger partial charge in [0.1, 0.15) is 11.5 Å². The van der Waals surface area contributed by atoms with Crippen LogP contribution in [0.2, 0.25) is 0 Å². The zero-order chi connectivity index (χ0) is 18.5. The van der Waals surface area contributed by atoms with Crippen LogP contribution in [0.25, 0.3) is 0 Å². The van der Waals surface area contributed by atoms with Gasteiger partial charge in [-0.3, -0.25) is 4.79 Å². The van der Waals surface area contributed by atoms with Crippen LogP contribution in [0.1, 0.15) is 55.8 Å². The zero-order valence-electron chi connectivity index (χ0n) is 16.4. The van der Waals surface area contributed by atoms with Gasteiger partial charge in [0.15, 0.2) is 0 Å². The van der Waals surface area contributed by atoms with Crippen molar-refractivity contribution in [1.29, 1.82) is 0 Å². The van der Waals surface area contributed by atoms with Gasteiger partial charge in [-0.25, -0.2) is 0 Å². The van der Waals surface area contributed by atoms with E-state index in [-0.39, 0.29) is 12.0 Å². The first-order valence-corrected chi connectivity index (χ1v) is 9.96. The van der Waals surface area contributed by atoms with E-state index in [1.165, 1.54) is 19.3 Å². The van der Waals surface area contributed by atoms with Crippen molar-refractivity contribution >= 4 is 5.91 Å². The normalized spacial score (nSPS) is 21.2. The molecule has 5 nitrogen and oxygen atoms in total. The van der Waals surface area contributed by atoms with Crippen molar-refractivity contribution in [3.05, 3.63) is 23.8 Å². The molecule has 0 aromatic heterocycles. The maximum Gasteiger partial charge on any atom is 0.257 e. The summed E-state index contributed by atoms with van der Waals surface area (Å²) >= 11 is 0. The third kappa shape index (κ3) is 4.32. The van der Waals surface area contributed by atoms with Crippen molar-refractivity contribution in [3.8, 4) is 11.5 Å². The highest BCUT2D eigenvalue weighted by atomic mass is 16.5. The SMILES string of the molecule is CCN(C)C1CCN(C(=O)c2ccc(OC)cc2OC2CCCCC2)C1. The van der Waals surface area contributed by atoms with Crippen molar-refractivity contribution in [2.24, 2.45) is 0 Å². The average Bonchev–Trinajstić information content (AvgIpc) is 3.18. The van der Waals surface area contributed by atoms with E-state index in [2.05, 4.69) is 18.9 Å². The van der Waals surface area contributed by atoms with E-state index in [0.717, 1.165) is 44.6 Å². The monoisotopic (exact) mass is 360 g/mol. The van der Waals surface area contributed by atoms with E-state index in [4.69, 9.17) is 9.47 Å². The summed E-state index contributed by atoms with van der Waals surface area (Å²) in [6.07, 6.45) is 7.06. The topological polar surface area (TPSA) is 42.0 Å². The summed E-state index contributed by atoms with van der Waals surface area (Å²) in [5.41, 5.74) is 0.663. The molecule has 1 saturated carbocycles. The standard InChI is InChI=1S/C21H32N2O3/c1-4-22(2)16-12-13-23(15-16)21(24)19-11-10-18(25-3)14-20(19)26-17-8-6-5-7-9-17/h10-11,14,16-17H,4-9,12-13,15H2,1-3H3. The molecule has 26 heavy (non-hydrogen) atoms. The Morgan fingerprint density at radius 3 is 2.69 bits per heavy atom. The molecule has 1 aromatic carbocycles. The quantitative estimate of drug-likeness (QED) is 0.778. The summed E-state index contributed by atoms with van der Waals surface area (Å²) in [5.74, 6) is 1.48. The van der Waals surface area contributed by atoms with Gasteiger partial charge in [-0.1, -0.05) is 13.3 Å². The smallest absolute Gasteiger partial charge is 0.257 e. The van der Waals surface area contributed by atoms with Crippen LogP contribution in [0.15, 0.2) is 18.2 Å². The van der Waals surface area contributed by atoms with Gasteiger partial charge in [-0.05, 0) is 57.8 Å². The Kier molecular flexibility index (Phi) is 6.41. The number of likely N-dealkylation sites (tertiary alicyclic amines) is 1. The highest BCUT2D eigenvalue weighted by molar-refractivity contribution is 5.97. The molecular weight excluding hydrogens is 328 g/mol. The Labute approximate surface area is 157 Å². The fraction of sp³-hybridized carbons (Fsp3) is 0.667. The Balaban J connectivity index is 1.76. The number of ether oxygens (including phenoxy) is 2. The van der Waals surface area contributed by atoms with Crippen LogP contribution < -0.4 is 9.47 Å². The number of amides is 1. The minimum absolute atomic E-state index is 0.0745. The first-order chi connectivity index (χ1) is 12.6. The zero-order valence-corrected chi connectivity index (χ0v) is 16.4. The minimum Gasteiger partial charge on any atom is -0.497 e. The maximum absolute atomic E-state index is 13.2. The molecule has 3 rings (SSSR count). The number of likely N-dealkylation sites (N-methyl/N-ethyl adjacent to an activating group) is 1. The van der Waals surface area contributed by atoms with E-state index < -0.39 is 0 Å². The molecule has 1 heterocycles. The molecule has 2 aliphatic rings. The minimum atomic E-state index is 0.0745. The van der Waals surface area contributed by atoms with Crippen molar-refractivity contribution in [3.63, 3.8) is 0 Å². The number of methoxy groups -OCH3 is 1. The molecular formula is C21H32N2O3. The molecule has 144 valence electrons. The number of rotatable bonds is 6. The molecule has 0 N–H and O–H groups in total. The molecule has 1 amide bonds. The van der Waals surface area contributed by atoms with E-state index in [1.54, 1.807) is 7.11 Å². The number of nitrogens with zero attached hydrogens (tertiary/aromatic N) is 2. The summed E-state index contributed by atoms with van der Waals surface area (Å²) in [7, 11) is 3.77. The second-order valence-electron chi connectivity index (χ2n) is 7.51. The third-order valence-corrected chi connectivity index (χ3v) is 5.84. The molecule has 1 unspecified atom stereocenters. The van der Waals surface area contributed by atoms with Crippen molar-refractivity contribution in [2.45, 2.75) is 57.6 Å². The van der Waals surface area contributed by atoms with Crippen molar-refractivity contribution in [1.82, 2.24) is 9.80 Å². The summed E-state index contributed by atoms with van der Waals surface area (Å²) < 4.78 is 11.6. The summed E-state index contributed by atoms with van der Waals surface area (Å²) in [5, 5.41) is 0. The van der Waals surface area contributed by atoms with Crippen LogP contribution in [0.5, 0.6) is 11.5 Å². The molecule has 0 radical (unpaired) electrons. The predicted octanol–water partition coefficient (Wildman–Crippen LogP) is 3.57. The van der Waals surface area contributed by atoms with Crippen molar-refractivity contribution in [2.75, 3.05) is 33.8 Å². The molecule has 2 fully saturated rings. The Morgan fingerprint density at radius 1 is 1.23 bits per heavy atom. The lowest BCUT2D eigenvalue weighted by molar-refractivity contribution is 0.0770. The molecule has 0 spiro atoms. The van der Waals surface area contributed by atoms with E-state index in [9.17, 15) is 4.79 Å². The highest BCUT2D eigenvalue weighted by Gasteiger charge is 2.30. The number of hydrogen-bond acceptors (Lipinski definition) is 4. The van der Waals surface area contributed by atoms with E-state index in [0.29, 0.717) is 17.4 Å². The molecule has 0 bridgehead atoms. The fourth-order valence-electron chi connectivity index (χ4n) is 3.98. The van der Waals surface area contributed by atoms with Gasteiger partial charge in [-0.2, -0.15) is 0 Å². The van der Waals surface area contributed by atoms with Gasteiger partial charge in [0.2, 0.25) is 0 Å². The highest BCUT2D eigenvalue weighted by Crippen LogP contribution is 2.31. The molecule has 1 aliphatic carbocycles. The van der Waals surface area contributed by atoms with Crippen LogP contribution >= 0.6 is 0 Å². The lowest BCUT2D eigenvalue weighted by atomic mass is 9.97. The van der Waals surface area contributed by atoms with Gasteiger partial charge in [0, 0.05) is 25.2 Å². The Morgan fingerprint density at radius 2 is 2.00 bits per heavy atom.